The number of nitrogens with one attached hydrogen (secondary N) is 2. The van der Waals surface area contributed by atoms with E-state index in [0.717, 1.165) is 17.1 Å². The first-order valence-corrected chi connectivity index (χ1v) is 8.18. The molecule has 0 bridgehead atoms. The molecule has 7 heteroatoms. The lowest BCUT2D eigenvalue weighted by molar-refractivity contribution is 0.0929. The van der Waals surface area contributed by atoms with E-state index >= 15 is 0 Å². The Balaban J connectivity index is 2.18. The third-order valence-electron chi connectivity index (χ3n) is 3.12. The van der Waals surface area contributed by atoms with Crippen molar-refractivity contribution in [2.24, 2.45) is 5.92 Å². The molecule has 0 fully saturated rings. The summed E-state index contributed by atoms with van der Waals surface area (Å²) in [4.78, 5) is 34.6. The van der Waals surface area contributed by atoms with Gasteiger partial charge in [-0.05, 0) is 24.8 Å². The van der Waals surface area contributed by atoms with Crippen LogP contribution in [-0.4, -0.2) is 20.9 Å². The molecule has 2 N–H and O–H groups in total. The molecule has 118 valence electrons. The predicted octanol–water partition coefficient (Wildman–Crippen LogP) is 2.31. The van der Waals surface area contributed by atoms with Crippen molar-refractivity contribution in [3.8, 4) is 0 Å². The van der Waals surface area contributed by atoms with Crippen LogP contribution in [0.15, 0.2) is 22.4 Å². The van der Waals surface area contributed by atoms with Crippen LogP contribution in [0.5, 0.6) is 0 Å². The number of amides is 1. The third kappa shape index (κ3) is 4.24. The Morgan fingerprint density at radius 3 is 2.82 bits per heavy atom. The second-order valence-corrected chi connectivity index (χ2v) is 6.43. The SMILES string of the molecule is CCC(NC(=O)c1cc(CC(C)C)[nH]c(=O)n1)c1nccs1. The lowest BCUT2D eigenvalue weighted by atomic mass is 10.1. The van der Waals surface area contributed by atoms with Crippen LogP contribution in [0, 0.1) is 5.92 Å². The van der Waals surface area contributed by atoms with Crippen molar-refractivity contribution >= 4 is 17.2 Å². The molecule has 0 radical (unpaired) electrons. The van der Waals surface area contributed by atoms with Gasteiger partial charge in [0.05, 0.1) is 6.04 Å². The van der Waals surface area contributed by atoms with Crippen molar-refractivity contribution in [2.75, 3.05) is 0 Å². The molecule has 0 aliphatic heterocycles. The van der Waals surface area contributed by atoms with Gasteiger partial charge in [0, 0.05) is 17.3 Å². The predicted molar refractivity (Wildman–Crippen MR) is 86.0 cm³/mol. The summed E-state index contributed by atoms with van der Waals surface area (Å²) in [6, 6.07) is 1.48. The Morgan fingerprint density at radius 2 is 2.23 bits per heavy atom. The first-order chi connectivity index (χ1) is 10.5. The number of nitrogens with zero attached hydrogens (tertiary/aromatic N) is 2. The summed E-state index contributed by atoms with van der Waals surface area (Å²) in [6.45, 7) is 6.07. The van der Waals surface area contributed by atoms with Gasteiger partial charge in [-0.3, -0.25) is 4.79 Å². The van der Waals surface area contributed by atoms with Gasteiger partial charge in [-0.2, -0.15) is 4.98 Å². The van der Waals surface area contributed by atoms with Gasteiger partial charge in [-0.25, -0.2) is 9.78 Å². The molecule has 1 atom stereocenters. The summed E-state index contributed by atoms with van der Waals surface area (Å²) < 4.78 is 0. The van der Waals surface area contributed by atoms with E-state index in [1.807, 2.05) is 26.2 Å². The van der Waals surface area contributed by atoms with Crippen molar-refractivity contribution in [3.63, 3.8) is 0 Å². The van der Waals surface area contributed by atoms with Crippen LogP contribution in [0.3, 0.4) is 0 Å². The van der Waals surface area contributed by atoms with Crippen LogP contribution in [0.25, 0.3) is 0 Å². The van der Waals surface area contributed by atoms with E-state index in [2.05, 4.69) is 20.3 Å². The first-order valence-electron chi connectivity index (χ1n) is 7.30. The minimum atomic E-state index is -0.495. The molecule has 2 rings (SSSR count). The van der Waals surface area contributed by atoms with E-state index in [9.17, 15) is 9.59 Å². The van der Waals surface area contributed by atoms with Crippen molar-refractivity contribution < 1.29 is 4.79 Å². The van der Waals surface area contributed by atoms with E-state index in [0.29, 0.717) is 12.3 Å². The van der Waals surface area contributed by atoms with E-state index in [-0.39, 0.29) is 17.6 Å². The van der Waals surface area contributed by atoms with Gasteiger partial charge < -0.3 is 10.3 Å². The van der Waals surface area contributed by atoms with Crippen LogP contribution >= 0.6 is 11.3 Å². The fourth-order valence-corrected chi connectivity index (χ4v) is 2.92. The zero-order valence-electron chi connectivity index (χ0n) is 12.9. The van der Waals surface area contributed by atoms with E-state index < -0.39 is 5.69 Å². The van der Waals surface area contributed by atoms with Crippen LogP contribution in [-0.2, 0) is 6.42 Å². The van der Waals surface area contributed by atoms with Crippen LogP contribution < -0.4 is 11.0 Å². The maximum Gasteiger partial charge on any atom is 0.345 e. The number of hydrogen-bond acceptors (Lipinski definition) is 5. The van der Waals surface area contributed by atoms with E-state index in [1.165, 1.54) is 11.3 Å². The Labute approximate surface area is 133 Å². The molecule has 0 aliphatic rings. The van der Waals surface area contributed by atoms with Crippen molar-refractivity contribution in [3.05, 3.63) is 44.5 Å². The number of carbonyl (C=O) groups excluding carboxylic acids is 1. The molecule has 0 saturated carbocycles. The third-order valence-corrected chi connectivity index (χ3v) is 4.01. The topological polar surface area (TPSA) is 87.7 Å². The monoisotopic (exact) mass is 320 g/mol. The van der Waals surface area contributed by atoms with Gasteiger partial charge in [-0.15, -0.1) is 11.3 Å². The second kappa shape index (κ2) is 7.31. The summed E-state index contributed by atoms with van der Waals surface area (Å²) in [7, 11) is 0. The lowest BCUT2D eigenvalue weighted by Gasteiger charge is -2.14. The molecule has 2 aromatic rings. The molecule has 2 aromatic heterocycles. The highest BCUT2D eigenvalue weighted by Gasteiger charge is 2.18. The molecule has 6 nitrogen and oxygen atoms in total. The molecule has 2 heterocycles. The Morgan fingerprint density at radius 1 is 1.45 bits per heavy atom. The zero-order chi connectivity index (χ0) is 16.1. The van der Waals surface area contributed by atoms with Gasteiger partial charge in [0.1, 0.15) is 10.7 Å². The molecule has 0 aromatic carbocycles. The minimum absolute atomic E-state index is 0.148. The van der Waals surface area contributed by atoms with Crippen LogP contribution in [0.1, 0.15) is 54.4 Å². The fraction of sp³-hybridized carbons (Fsp3) is 0.467. The largest absolute Gasteiger partial charge is 0.345 e. The fourth-order valence-electron chi connectivity index (χ4n) is 2.15. The van der Waals surface area contributed by atoms with Crippen molar-refractivity contribution in [1.82, 2.24) is 20.3 Å². The first kappa shape index (κ1) is 16.4. The summed E-state index contributed by atoms with van der Waals surface area (Å²) in [5.74, 6) is 0.0332. The van der Waals surface area contributed by atoms with Gasteiger partial charge in [-0.1, -0.05) is 20.8 Å². The summed E-state index contributed by atoms with van der Waals surface area (Å²) >= 11 is 1.49. The summed E-state index contributed by atoms with van der Waals surface area (Å²) in [6.07, 6.45) is 3.13. The normalized spacial score (nSPS) is 12.4. The molecule has 1 unspecified atom stereocenters. The van der Waals surface area contributed by atoms with E-state index in [1.54, 1.807) is 12.3 Å². The molecule has 0 spiro atoms. The molecule has 22 heavy (non-hydrogen) atoms. The number of H-pyrrole nitrogens is 1. The summed E-state index contributed by atoms with van der Waals surface area (Å²) in [5.41, 5.74) is 0.377. The number of thiazole rings is 1. The smallest absolute Gasteiger partial charge is 0.341 e. The Kier molecular flexibility index (Phi) is 5.43. The van der Waals surface area contributed by atoms with E-state index in [4.69, 9.17) is 0 Å². The van der Waals surface area contributed by atoms with Crippen molar-refractivity contribution in [2.45, 2.75) is 39.7 Å². The van der Waals surface area contributed by atoms with Crippen molar-refractivity contribution in [1.29, 1.82) is 0 Å². The molecule has 0 aliphatic carbocycles. The minimum Gasteiger partial charge on any atom is -0.341 e. The van der Waals surface area contributed by atoms with Gasteiger partial charge in [0.25, 0.3) is 5.91 Å². The standard InChI is InChI=1S/C15H20N4O2S/c1-4-11(14-16-5-6-22-14)18-13(20)12-8-10(7-9(2)3)17-15(21)19-12/h5-6,8-9,11H,4,7H2,1-3H3,(H,18,20)(H,17,19,21). The number of aromatic amines is 1. The summed E-state index contributed by atoms with van der Waals surface area (Å²) in [5, 5.41) is 5.61. The number of aromatic nitrogens is 3. The average molecular weight is 320 g/mol. The molecule has 1 amide bonds. The zero-order valence-corrected chi connectivity index (χ0v) is 13.7. The highest BCUT2D eigenvalue weighted by molar-refractivity contribution is 7.09. The van der Waals surface area contributed by atoms with Crippen LogP contribution in [0.4, 0.5) is 0 Å². The van der Waals surface area contributed by atoms with Gasteiger partial charge >= 0.3 is 5.69 Å². The van der Waals surface area contributed by atoms with Gasteiger partial charge in [0.2, 0.25) is 0 Å². The molecular formula is C15H20N4O2S. The highest BCUT2D eigenvalue weighted by atomic mass is 32.1. The maximum absolute atomic E-state index is 12.3. The number of hydrogen-bond donors (Lipinski definition) is 2. The number of rotatable bonds is 6. The van der Waals surface area contributed by atoms with Crippen LogP contribution in [0.2, 0.25) is 0 Å². The maximum atomic E-state index is 12.3. The quantitative estimate of drug-likeness (QED) is 0.855. The number of carbonyl (C=O) groups is 1. The molecule has 0 saturated heterocycles. The second-order valence-electron chi connectivity index (χ2n) is 5.50. The Hall–Kier alpha value is -2.02. The lowest BCUT2D eigenvalue weighted by Crippen LogP contribution is -2.31. The average Bonchev–Trinajstić information content (AvgIpc) is 2.97. The van der Waals surface area contributed by atoms with Gasteiger partial charge in [0.15, 0.2) is 0 Å². The Bertz CT molecular complexity index is 679. The highest BCUT2D eigenvalue weighted by Crippen LogP contribution is 2.19. The molecular weight excluding hydrogens is 300 g/mol.